The van der Waals surface area contributed by atoms with Gasteiger partial charge in [-0.25, -0.2) is 5.01 Å². The number of carbonyl (C=O) groups is 2. The fourth-order valence-corrected chi connectivity index (χ4v) is 4.05. The Hall–Kier alpha value is -2.81. The average Bonchev–Trinajstić information content (AvgIpc) is 3.25. The zero-order chi connectivity index (χ0) is 24.7. The summed E-state index contributed by atoms with van der Waals surface area (Å²) in [6, 6.07) is 13.7. The standard InChI is InChI=1S/C25H34ClN5O3/c1-18(2)27-11-12-28-24(32)16-30(22-13-21(26)9-10-23(22)34-4)17-25(33)29(3)31-14-19-7-5-6-8-20(19)15-31/h5-10,13,18,27H,11-12,14-17H2,1-4H3,(H,28,32). The Morgan fingerprint density at radius 2 is 1.76 bits per heavy atom. The second kappa shape index (κ2) is 12.1. The van der Waals surface area contributed by atoms with Crippen LogP contribution in [0.3, 0.4) is 0 Å². The lowest BCUT2D eigenvalue weighted by Crippen LogP contribution is -2.48. The predicted octanol–water partition coefficient (Wildman–Crippen LogP) is 2.66. The minimum absolute atomic E-state index is 0.00180. The van der Waals surface area contributed by atoms with Crippen LogP contribution >= 0.6 is 11.6 Å². The highest BCUT2D eigenvalue weighted by Crippen LogP contribution is 2.31. The van der Waals surface area contributed by atoms with Crippen molar-refractivity contribution in [2.45, 2.75) is 33.0 Å². The van der Waals surface area contributed by atoms with E-state index in [1.807, 2.05) is 17.1 Å². The number of hydrogen-bond acceptors (Lipinski definition) is 6. The van der Waals surface area contributed by atoms with Gasteiger partial charge in [0, 0.05) is 44.3 Å². The molecular weight excluding hydrogens is 454 g/mol. The third-order valence-corrected chi connectivity index (χ3v) is 5.99. The molecule has 1 heterocycles. The fraction of sp³-hybridized carbons (Fsp3) is 0.440. The molecule has 1 aliphatic heterocycles. The highest BCUT2D eigenvalue weighted by Gasteiger charge is 2.27. The molecule has 0 saturated heterocycles. The maximum absolute atomic E-state index is 13.3. The van der Waals surface area contributed by atoms with Gasteiger partial charge >= 0.3 is 0 Å². The second-order valence-corrected chi connectivity index (χ2v) is 9.08. The van der Waals surface area contributed by atoms with Crippen LogP contribution in [0.2, 0.25) is 5.02 Å². The molecular formula is C25H34ClN5O3. The fourth-order valence-electron chi connectivity index (χ4n) is 3.88. The number of amides is 2. The van der Waals surface area contributed by atoms with E-state index in [4.69, 9.17) is 16.3 Å². The van der Waals surface area contributed by atoms with Gasteiger partial charge in [0.1, 0.15) is 5.75 Å². The van der Waals surface area contributed by atoms with Crippen molar-refractivity contribution < 1.29 is 14.3 Å². The van der Waals surface area contributed by atoms with Crippen molar-refractivity contribution in [3.05, 3.63) is 58.6 Å². The number of fused-ring (bicyclic) bond motifs is 1. The van der Waals surface area contributed by atoms with Crippen LogP contribution in [0.15, 0.2) is 42.5 Å². The Kier molecular flexibility index (Phi) is 9.15. The number of anilines is 1. The van der Waals surface area contributed by atoms with E-state index in [1.54, 1.807) is 42.3 Å². The normalized spacial score (nSPS) is 13.0. The van der Waals surface area contributed by atoms with Crippen LogP contribution in [0.5, 0.6) is 5.75 Å². The third-order valence-electron chi connectivity index (χ3n) is 5.75. The first-order valence-corrected chi connectivity index (χ1v) is 11.8. The lowest BCUT2D eigenvalue weighted by Gasteiger charge is -2.32. The summed E-state index contributed by atoms with van der Waals surface area (Å²) in [4.78, 5) is 27.7. The molecule has 0 atom stereocenters. The number of methoxy groups -OCH3 is 1. The molecule has 34 heavy (non-hydrogen) atoms. The molecule has 0 unspecified atom stereocenters. The summed E-state index contributed by atoms with van der Waals surface area (Å²) in [6.45, 7) is 6.60. The van der Waals surface area contributed by atoms with Crippen molar-refractivity contribution >= 4 is 29.1 Å². The number of nitrogens with zero attached hydrogens (tertiary/aromatic N) is 3. The van der Waals surface area contributed by atoms with E-state index in [9.17, 15) is 9.59 Å². The molecule has 2 N–H and O–H groups in total. The molecule has 9 heteroatoms. The summed E-state index contributed by atoms with van der Waals surface area (Å²) in [5, 5.41) is 10.3. The van der Waals surface area contributed by atoms with Crippen LogP contribution in [-0.2, 0) is 22.7 Å². The Balaban J connectivity index is 1.71. The van der Waals surface area contributed by atoms with Crippen molar-refractivity contribution in [3.63, 3.8) is 0 Å². The molecule has 8 nitrogen and oxygen atoms in total. The smallest absolute Gasteiger partial charge is 0.256 e. The molecule has 1 aliphatic rings. The Morgan fingerprint density at radius 1 is 1.09 bits per heavy atom. The van der Waals surface area contributed by atoms with Crippen LogP contribution in [0.4, 0.5) is 5.69 Å². The summed E-state index contributed by atoms with van der Waals surface area (Å²) < 4.78 is 5.49. The number of hydrazine groups is 1. The van der Waals surface area contributed by atoms with Gasteiger partial charge in [0.05, 0.1) is 25.9 Å². The Morgan fingerprint density at radius 3 is 2.38 bits per heavy atom. The molecule has 2 amide bonds. The first-order chi connectivity index (χ1) is 16.3. The van der Waals surface area contributed by atoms with Gasteiger partial charge in [-0.3, -0.25) is 14.6 Å². The number of hydrogen-bond donors (Lipinski definition) is 2. The molecule has 0 radical (unpaired) electrons. The number of halogens is 1. The van der Waals surface area contributed by atoms with Gasteiger partial charge in [-0.15, -0.1) is 0 Å². The summed E-state index contributed by atoms with van der Waals surface area (Å²) in [7, 11) is 3.32. The SMILES string of the molecule is COc1ccc(Cl)cc1N(CC(=O)NCCNC(C)C)CC(=O)N(C)N1Cc2ccccc2C1. The van der Waals surface area contributed by atoms with E-state index in [0.29, 0.717) is 48.7 Å². The van der Waals surface area contributed by atoms with Crippen molar-refractivity contribution in [2.24, 2.45) is 0 Å². The topological polar surface area (TPSA) is 77.1 Å². The third kappa shape index (κ3) is 6.85. The average molecular weight is 488 g/mol. The number of nitrogens with one attached hydrogen (secondary N) is 2. The van der Waals surface area contributed by atoms with Crippen molar-refractivity contribution in [1.29, 1.82) is 0 Å². The lowest BCUT2D eigenvalue weighted by atomic mass is 10.1. The van der Waals surface area contributed by atoms with Crippen molar-refractivity contribution in [3.8, 4) is 5.75 Å². The van der Waals surface area contributed by atoms with Crippen LogP contribution in [0, 0.1) is 0 Å². The van der Waals surface area contributed by atoms with Crippen LogP contribution < -0.4 is 20.3 Å². The van der Waals surface area contributed by atoms with Gasteiger partial charge in [0.15, 0.2) is 0 Å². The summed E-state index contributed by atoms with van der Waals surface area (Å²) in [5.74, 6) is 0.225. The molecule has 2 aromatic rings. The van der Waals surface area contributed by atoms with Gasteiger partial charge in [-0.05, 0) is 29.3 Å². The number of rotatable bonds is 11. The molecule has 3 rings (SSSR count). The Labute approximate surface area is 206 Å². The van der Waals surface area contributed by atoms with E-state index in [0.717, 1.165) is 0 Å². The molecule has 0 spiro atoms. The highest BCUT2D eigenvalue weighted by molar-refractivity contribution is 6.31. The maximum atomic E-state index is 13.3. The highest BCUT2D eigenvalue weighted by atomic mass is 35.5. The monoisotopic (exact) mass is 487 g/mol. The van der Waals surface area contributed by atoms with Gasteiger partial charge in [0.2, 0.25) is 5.91 Å². The quantitative estimate of drug-likeness (QED) is 0.474. The molecule has 184 valence electrons. The molecule has 0 bridgehead atoms. The van der Waals surface area contributed by atoms with Crippen LogP contribution in [0.1, 0.15) is 25.0 Å². The number of benzene rings is 2. The predicted molar refractivity (Wildman–Crippen MR) is 135 cm³/mol. The lowest BCUT2D eigenvalue weighted by molar-refractivity contribution is -0.145. The zero-order valence-corrected chi connectivity index (χ0v) is 21.1. The van der Waals surface area contributed by atoms with E-state index in [-0.39, 0.29) is 24.9 Å². The number of likely N-dealkylation sites (N-methyl/N-ethyl adjacent to an activating group) is 1. The van der Waals surface area contributed by atoms with Crippen molar-refractivity contribution in [1.82, 2.24) is 20.7 Å². The van der Waals surface area contributed by atoms with E-state index in [1.165, 1.54) is 11.1 Å². The largest absolute Gasteiger partial charge is 0.495 e. The van der Waals surface area contributed by atoms with Gasteiger partial charge in [-0.2, -0.15) is 0 Å². The molecule has 2 aromatic carbocycles. The van der Waals surface area contributed by atoms with Crippen LogP contribution in [-0.4, -0.2) is 68.2 Å². The van der Waals surface area contributed by atoms with Gasteiger partial charge in [-0.1, -0.05) is 49.7 Å². The van der Waals surface area contributed by atoms with Gasteiger partial charge in [0.25, 0.3) is 5.91 Å². The molecule has 0 aliphatic carbocycles. The van der Waals surface area contributed by atoms with Crippen LogP contribution in [0.25, 0.3) is 0 Å². The summed E-state index contributed by atoms with van der Waals surface area (Å²) in [5.41, 5.74) is 3.02. The number of ether oxygens (including phenoxy) is 1. The van der Waals surface area contributed by atoms with Crippen molar-refractivity contribution in [2.75, 3.05) is 45.2 Å². The molecule has 0 saturated carbocycles. The molecule has 0 fully saturated rings. The first-order valence-electron chi connectivity index (χ1n) is 11.4. The Bertz CT molecular complexity index is 975. The zero-order valence-electron chi connectivity index (χ0n) is 20.3. The summed E-state index contributed by atoms with van der Waals surface area (Å²) >= 11 is 6.25. The van der Waals surface area contributed by atoms with E-state index >= 15 is 0 Å². The second-order valence-electron chi connectivity index (χ2n) is 8.64. The van der Waals surface area contributed by atoms with E-state index in [2.05, 4.69) is 36.6 Å². The summed E-state index contributed by atoms with van der Waals surface area (Å²) in [6.07, 6.45) is 0. The minimum atomic E-state index is -0.184. The maximum Gasteiger partial charge on any atom is 0.256 e. The van der Waals surface area contributed by atoms with E-state index < -0.39 is 0 Å². The first kappa shape index (κ1) is 25.8. The minimum Gasteiger partial charge on any atom is -0.495 e. The van der Waals surface area contributed by atoms with Gasteiger partial charge < -0.3 is 20.3 Å². The number of carbonyl (C=O) groups excluding carboxylic acids is 2. The molecule has 0 aromatic heterocycles.